The fourth-order valence-electron chi connectivity index (χ4n) is 1.47. The Hall–Kier alpha value is -2.43. The van der Waals surface area contributed by atoms with Crippen molar-refractivity contribution in [1.82, 2.24) is 4.98 Å². The number of rotatable bonds is 3. The van der Waals surface area contributed by atoms with Crippen LogP contribution in [-0.4, -0.2) is 17.7 Å². The Morgan fingerprint density at radius 1 is 1.22 bits per heavy atom. The Morgan fingerprint density at radius 3 is 2.44 bits per heavy atom. The Bertz CT molecular complexity index is 524. The second-order valence-electron chi connectivity index (χ2n) is 3.50. The van der Waals surface area contributed by atoms with Crippen LogP contribution in [0.5, 0.6) is 0 Å². The summed E-state index contributed by atoms with van der Waals surface area (Å²) in [6, 6.07) is 7.58. The highest BCUT2D eigenvalue weighted by Gasteiger charge is 2.01. The predicted octanol–water partition coefficient (Wildman–Crippen LogP) is 0.552. The molecule has 0 aromatic carbocycles. The third-order valence-electron chi connectivity index (χ3n) is 2.29. The highest BCUT2D eigenvalue weighted by atomic mass is 16.6. The summed E-state index contributed by atoms with van der Waals surface area (Å²) >= 11 is 0. The number of hydrogen-bond donors (Lipinski definition) is 0. The number of pyridine rings is 2. The van der Waals surface area contributed by atoms with E-state index in [-0.39, 0.29) is 0 Å². The van der Waals surface area contributed by atoms with Crippen LogP contribution < -0.4 is 9.78 Å². The van der Waals surface area contributed by atoms with E-state index >= 15 is 0 Å². The molecule has 0 aliphatic heterocycles. The van der Waals surface area contributed by atoms with Gasteiger partial charge in [-0.15, -0.1) is 0 Å². The predicted molar refractivity (Wildman–Crippen MR) is 64.3 cm³/mol. The van der Waals surface area contributed by atoms with Gasteiger partial charge < -0.3 is 9.84 Å². The number of hydrogen-bond acceptors (Lipinski definition) is 4. The van der Waals surface area contributed by atoms with E-state index in [0.29, 0.717) is 6.61 Å². The van der Waals surface area contributed by atoms with Crippen LogP contribution in [0.2, 0.25) is 0 Å². The molecular weight excluding hydrogens is 230 g/mol. The van der Waals surface area contributed by atoms with Crippen molar-refractivity contribution in [2.45, 2.75) is 6.92 Å². The lowest BCUT2D eigenvalue weighted by Gasteiger charge is -2.06. The zero-order valence-electron chi connectivity index (χ0n) is 9.98. The van der Waals surface area contributed by atoms with Crippen molar-refractivity contribution in [3.8, 4) is 11.1 Å². The van der Waals surface area contributed by atoms with Crippen molar-refractivity contribution < 1.29 is 14.5 Å². The molecule has 92 valence electrons. The van der Waals surface area contributed by atoms with E-state index in [2.05, 4.69) is 10.1 Å². The molecule has 0 saturated carbocycles. The molecule has 2 heterocycles. The first-order valence-corrected chi connectivity index (χ1v) is 5.60. The topological polar surface area (TPSA) is 61.4 Å². The molecule has 18 heavy (non-hydrogen) atoms. The van der Waals surface area contributed by atoms with Gasteiger partial charge in [0.25, 0.3) is 0 Å². The number of aromatic nitrogens is 2. The fraction of sp³-hybridized carbons (Fsp3) is 0.154. The van der Waals surface area contributed by atoms with Gasteiger partial charge in [-0.3, -0.25) is 4.98 Å². The van der Waals surface area contributed by atoms with Crippen LogP contribution in [-0.2, 0) is 4.74 Å². The maximum absolute atomic E-state index is 11.1. The molecule has 0 unspecified atom stereocenters. The summed E-state index contributed by atoms with van der Waals surface area (Å²) in [6.07, 6.45) is 6.28. The first kappa shape index (κ1) is 12.0. The van der Waals surface area contributed by atoms with Gasteiger partial charge in [0.2, 0.25) is 18.5 Å². The maximum Gasteiger partial charge on any atom is 0.222 e. The highest BCUT2D eigenvalue weighted by molar-refractivity contribution is 5.61. The van der Waals surface area contributed by atoms with Crippen LogP contribution in [0, 0.1) is 0 Å². The molecule has 0 spiro atoms. The van der Waals surface area contributed by atoms with Gasteiger partial charge in [0.15, 0.2) is 0 Å². The van der Waals surface area contributed by atoms with Gasteiger partial charge in [-0.1, -0.05) is 11.6 Å². The molecule has 0 atom stereocenters. The molecule has 0 radical (unpaired) electrons. The standard InChI is InChI=1S/C13H13N3O2/c1-2-18-13(17)15-16-9-5-12(6-10-16)11-3-7-14-8-4-11/h3-10H,2H2,1H3. The van der Waals surface area contributed by atoms with Crippen LogP contribution in [0.1, 0.15) is 6.92 Å². The molecule has 0 aliphatic carbocycles. The first-order valence-electron chi connectivity index (χ1n) is 5.60. The van der Waals surface area contributed by atoms with Crippen molar-refractivity contribution in [2.24, 2.45) is 5.10 Å². The van der Waals surface area contributed by atoms with Crippen LogP contribution in [0.3, 0.4) is 0 Å². The van der Waals surface area contributed by atoms with E-state index < -0.39 is 6.08 Å². The summed E-state index contributed by atoms with van der Waals surface area (Å²) in [4.78, 5) is 3.96. The first-order chi connectivity index (χ1) is 8.79. The van der Waals surface area contributed by atoms with Crippen molar-refractivity contribution in [3.63, 3.8) is 0 Å². The van der Waals surface area contributed by atoms with Gasteiger partial charge >= 0.3 is 0 Å². The maximum atomic E-state index is 11.1. The lowest BCUT2D eigenvalue weighted by atomic mass is 10.1. The van der Waals surface area contributed by atoms with Crippen molar-refractivity contribution in [1.29, 1.82) is 0 Å². The van der Waals surface area contributed by atoms with Crippen LogP contribution in [0.4, 0.5) is 0 Å². The van der Waals surface area contributed by atoms with E-state index in [9.17, 15) is 5.11 Å². The molecule has 2 aromatic heterocycles. The average molecular weight is 243 g/mol. The smallest absolute Gasteiger partial charge is 0.222 e. The van der Waals surface area contributed by atoms with Gasteiger partial charge in [0.05, 0.1) is 0 Å². The van der Waals surface area contributed by atoms with Gasteiger partial charge in [0, 0.05) is 29.6 Å². The van der Waals surface area contributed by atoms with E-state index in [1.54, 1.807) is 31.7 Å². The minimum atomic E-state index is -0.598. The summed E-state index contributed by atoms with van der Waals surface area (Å²) in [5.74, 6) is 0. The highest BCUT2D eigenvalue weighted by Crippen LogP contribution is 2.15. The summed E-state index contributed by atoms with van der Waals surface area (Å²) in [6.45, 7) is 2.06. The Kier molecular flexibility index (Phi) is 3.86. The normalized spacial score (nSPS) is 11.3. The zero-order chi connectivity index (χ0) is 12.8. The number of ether oxygens (including phenoxy) is 1. The second kappa shape index (κ2) is 5.77. The summed E-state index contributed by atoms with van der Waals surface area (Å²) in [7, 11) is 0. The summed E-state index contributed by atoms with van der Waals surface area (Å²) in [5, 5.41) is 14.9. The Balaban J connectivity index is 2.18. The van der Waals surface area contributed by atoms with E-state index in [0.717, 1.165) is 11.1 Å². The molecule has 0 amide bonds. The van der Waals surface area contributed by atoms with Crippen molar-refractivity contribution in [3.05, 3.63) is 49.1 Å². The minimum absolute atomic E-state index is 0.317. The molecule has 5 heteroatoms. The summed E-state index contributed by atoms with van der Waals surface area (Å²) < 4.78 is 6.15. The molecular formula is C13H13N3O2. The van der Waals surface area contributed by atoms with Crippen LogP contribution in [0.15, 0.2) is 54.2 Å². The monoisotopic (exact) mass is 243 g/mol. The molecule has 0 bridgehead atoms. The number of nitrogens with zero attached hydrogens (tertiary/aromatic N) is 3. The molecule has 0 fully saturated rings. The molecule has 5 nitrogen and oxygen atoms in total. The third kappa shape index (κ3) is 3.04. The zero-order valence-corrected chi connectivity index (χ0v) is 9.98. The quantitative estimate of drug-likeness (QED) is 0.449. The largest absolute Gasteiger partial charge is 0.596 e. The lowest BCUT2D eigenvalue weighted by Crippen LogP contribution is -2.34. The van der Waals surface area contributed by atoms with E-state index in [4.69, 9.17) is 4.74 Å². The fourth-order valence-corrected chi connectivity index (χ4v) is 1.47. The molecule has 0 saturated heterocycles. The van der Waals surface area contributed by atoms with Crippen molar-refractivity contribution in [2.75, 3.05) is 6.61 Å². The van der Waals surface area contributed by atoms with E-state index in [1.807, 2.05) is 24.3 Å². The molecule has 0 N–H and O–H groups in total. The Morgan fingerprint density at radius 2 is 1.83 bits per heavy atom. The summed E-state index contributed by atoms with van der Waals surface area (Å²) in [5.41, 5.74) is 2.10. The second-order valence-corrected chi connectivity index (χ2v) is 3.50. The minimum Gasteiger partial charge on any atom is -0.596 e. The van der Waals surface area contributed by atoms with Gasteiger partial charge in [0.1, 0.15) is 0 Å². The van der Waals surface area contributed by atoms with E-state index in [1.165, 1.54) is 4.68 Å². The van der Waals surface area contributed by atoms with Gasteiger partial charge in [-0.05, 0) is 29.9 Å². The average Bonchev–Trinajstić information content (AvgIpc) is 2.41. The Labute approximate surface area is 105 Å². The molecule has 0 aliphatic rings. The van der Waals surface area contributed by atoms with Gasteiger partial charge in [-0.25, -0.2) is 0 Å². The lowest BCUT2D eigenvalue weighted by molar-refractivity contribution is -0.682. The molecule has 2 rings (SSSR count). The third-order valence-corrected chi connectivity index (χ3v) is 2.29. The molecule has 2 aromatic rings. The van der Waals surface area contributed by atoms with Gasteiger partial charge in [-0.2, -0.15) is 0 Å². The van der Waals surface area contributed by atoms with Crippen molar-refractivity contribution >= 4 is 6.08 Å². The SMILES string of the molecule is CCO/C([O-])=N/[n+]1ccc(-c2ccncc2)cc1. The van der Waals surface area contributed by atoms with Crippen LogP contribution in [0.25, 0.3) is 11.1 Å². The van der Waals surface area contributed by atoms with Crippen LogP contribution >= 0.6 is 0 Å².